The van der Waals surface area contributed by atoms with Gasteiger partial charge in [-0.1, -0.05) is 17.3 Å². The van der Waals surface area contributed by atoms with Crippen LogP contribution in [0.3, 0.4) is 0 Å². The monoisotopic (exact) mass is 230 g/mol. The summed E-state index contributed by atoms with van der Waals surface area (Å²) in [6.07, 6.45) is 0. The average Bonchev–Trinajstić information content (AvgIpc) is 2.33. The Morgan fingerprint density at radius 3 is 1.69 bits per heavy atom. The fraction of sp³-hybridized carbons (Fsp3) is 0.0769. The van der Waals surface area contributed by atoms with Gasteiger partial charge < -0.3 is 9.47 Å². The topological polar surface area (TPSA) is 18.5 Å². The van der Waals surface area contributed by atoms with Gasteiger partial charge in [0.15, 0.2) is 0 Å². The van der Waals surface area contributed by atoms with Crippen LogP contribution in [0.4, 0.5) is 0 Å². The van der Waals surface area contributed by atoms with Crippen molar-refractivity contribution in [3.8, 4) is 17.2 Å². The molecular formula is C13H14O2Si. The van der Waals surface area contributed by atoms with Crippen molar-refractivity contribution in [2.24, 2.45) is 0 Å². The van der Waals surface area contributed by atoms with Gasteiger partial charge in [0.1, 0.15) is 17.2 Å². The van der Waals surface area contributed by atoms with Crippen molar-refractivity contribution in [1.82, 2.24) is 0 Å². The Hall–Kier alpha value is -1.74. The lowest BCUT2D eigenvalue weighted by Crippen LogP contribution is -1.99. The quantitative estimate of drug-likeness (QED) is 0.744. The Balaban J connectivity index is 2.11. The van der Waals surface area contributed by atoms with Crippen LogP contribution in [-0.4, -0.2) is 17.4 Å². The number of ether oxygens (including phenoxy) is 2. The molecule has 3 heteroatoms. The van der Waals surface area contributed by atoms with Crippen LogP contribution in [-0.2, 0) is 0 Å². The normalized spacial score (nSPS) is 10.1. The van der Waals surface area contributed by atoms with Crippen LogP contribution in [0.15, 0.2) is 48.5 Å². The number of methoxy groups -OCH3 is 1. The predicted octanol–water partition coefficient (Wildman–Crippen LogP) is 1.48. The van der Waals surface area contributed by atoms with Crippen LogP contribution in [0, 0.1) is 0 Å². The SMILES string of the molecule is COc1ccc(Oc2ccc([SiH3])cc2)cc1. The summed E-state index contributed by atoms with van der Waals surface area (Å²) in [5.74, 6) is 2.52. The molecule has 0 aliphatic carbocycles. The van der Waals surface area contributed by atoms with Gasteiger partial charge in [-0.25, -0.2) is 0 Å². The minimum Gasteiger partial charge on any atom is -0.497 e. The highest BCUT2D eigenvalue weighted by atomic mass is 28.1. The zero-order valence-corrected chi connectivity index (χ0v) is 11.4. The number of benzene rings is 2. The average molecular weight is 230 g/mol. The molecule has 0 saturated heterocycles. The van der Waals surface area contributed by atoms with E-state index in [9.17, 15) is 0 Å². The molecule has 16 heavy (non-hydrogen) atoms. The molecule has 2 aromatic rings. The lowest BCUT2D eigenvalue weighted by molar-refractivity contribution is 0.413. The van der Waals surface area contributed by atoms with Crippen molar-refractivity contribution in [3.63, 3.8) is 0 Å². The van der Waals surface area contributed by atoms with Crippen LogP contribution in [0.1, 0.15) is 0 Å². The number of rotatable bonds is 3. The van der Waals surface area contributed by atoms with Gasteiger partial charge in [0.25, 0.3) is 0 Å². The summed E-state index contributed by atoms with van der Waals surface area (Å²) in [7, 11) is 2.72. The fourth-order valence-corrected chi connectivity index (χ4v) is 1.72. The van der Waals surface area contributed by atoms with E-state index in [0.717, 1.165) is 27.5 Å². The summed E-state index contributed by atoms with van der Waals surface area (Å²) in [6.45, 7) is 0. The molecule has 0 saturated carbocycles. The molecule has 2 rings (SSSR count). The molecule has 0 N–H and O–H groups in total. The Labute approximate surface area is 98.3 Å². The molecular weight excluding hydrogens is 216 g/mol. The van der Waals surface area contributed by atoms with E-state index in [4.69, 9.17) is 9.47 Å². The first-order chi connectivity index (χ1) is 7.78. The van der Waals surface area contributed by atoms with E-state index in [0.29, 0.717) is 0 Å². The van der Waals surface area contributed by atoms with E-state index in [1.807, 2.05) is 36.4 Å². The number of hydrogen-bond donors (Lipinski definition) is 0. The predicted molar refractivity (Wildman–Crippen MR) is 69.1 cm³/mol. The van der Waals surface area contributed by atoms with Gasteiger partial charge in [-0.05, 0) is 36.4 Å². The third-order valence-corrected chi connectivity index (χ3v) is 2.98. The second-order valence-electron chi connectivity index (χ2n) is 3.59. The van der Waals surface area contributed by atoms with Gasteiger partial charge in [0.2, 0.25) is 0 Å². The van der Waals surface area contributed by atoms with Crippen molar-refractivity contribution in [2.45, 2.75) is 0 Å². The number of hydrogen-bond acceptors (Lipinski definition) is 2. The maximum absolute atomic E-state index is 5.69. The van der Waals surface area contributed by atoms with Crippen molar-refractivity contribution in [1.29, 1.82) is 0 Å². The van der Waals surface area contributed by atoms with Crippen LogP contribution >= 0.6 is 0 Å². The molecule has 0 aliphatic heterocycles. The highest BCUT2D eigenvalue weighted by Gasteiger charge is 1.97. The molecule has 82 valence electrons. The highest BCUT2D eigenvalue weighted by molar-refractivity contribution is 6.32. The van der Waals surface area contributed by atoms with Gasteiger partial charge >= 0.3 is 0 Å². The van der Waals surface area contributed by atoms with Crippen LogP contribution in [0.2, 0.25) is 0 Å². The summed E-state index contributed by atoms with van der Waals surface area (Å²) in [5.41, 5.74) is 0. The first-order valence-corrected chi connectivity index (χ1v) is 6.16. The Morgan fingerprint density at radius 2 is 1.19 bits per heavy atom. The van der Waals surface area contributed by atoms with Gasteiger partial charge in [0, 0.05) is 10.2 Å². The molecule has 0 heterocycles. The lowest BCUT2D eigenvalue weighted by Gasteiger charge is -2.06. The fourth-order valence-electron chi connectivity index (χ4n) is 1.39. The van der Waals surface area contributed by atoms with Gasteiger partial charge in [0.05, 0.1) is 7.11 Å². The lowest BCUT2D eigenvalue weighted by atomic mass is 10.3. The van der Waals surface area contributed by atoms with E-state index in [1.165, 1.54) is 5.19 Å². The minimum atomic E-state index is 0.821. The van der Waals surface area contributed by atoms with E-state index in [1.54, 1.807) is 7.11 Å². The van der Waals surface area contributed by atoms with Crippen molar-refractivity contribution < 1.29 is 9.47 Å². The first-order valence-electron chi connectivity index (χ1n) is 5.16. The first kappa shape index (κ1) is 10.8. The van der Waals surface area contributed by atoms with Crippen LogP contribution in [0.5, 0.6) is 17.2 Å². The Morgan fingerprint density at radius 1 is 0.750 bits per heavy atom. The third-order valence-electron chi connectivity index (χ3n) is 2.32. The second kappa shape index (κ2) is 4.85. The largest absolute Gasteiger partial charge is 0.497 e. The Kier molecular flexibility index (Phi) is 3.27. The van der Waals surface area contributed by atoms with Crippen LogP contribution < -0.4 is 14.7 Å². The Bertz CT molecular complexity index is 448. The van der Waals surface area contributed by atoms with E-state index < -0.39 is 0 Å². The summed E-state index contributed by atoms with van der Waals surface area (Å²) < 4.78 is 10.8. The summed E-state index contributed by atoms with van der Waals surface area (Å²) in [4.78, 5) is 0. The smallest absolute Gasteiger partial charge is 0.127 e. The third kappa shape index (κ3) is 2.64. The molecule has 2 nitrogen and oxygen atoms in total. The molecule has 0 fully saturated rings. The zero-order chi connectivity index (χ0) is 11.4. The van der Waals surface area contributed by atoms with Crippen molar-refractivity contribution in [2.75, 3.05) is 7.11 Å². The molecule has 0 radical (unpaired) electrons. The zero-order valence-electron chi connectivity index (χ0n) is 9.44. The van der Waals surface area contributed by atoms with E-state index >= 15 is 0 Å². The summed E-state index contributed by atoms with van der Waals surface area (Å²) in [5, 5.41) is 1.36. The van der Waals surface area contributed by atoms with Crippen LogP contribution in [0.25, 0.3) is 0 Å². The van der Waals surface area contributed by atoms with Crippen molar-refractivity contribution >= 4 is 15.4 Å². The second-order valence-corrected chi connectivity index (χ2v) is 4.75. The summed E-state index contributed by atoms with van der Waals surface area (Å²) in [6, 6.07) is 15.7. The molecule has 0 unspecified atom stereocenters. The highest BCUT2D eigenvalue weighted by Crippen LogP contribution is 2.22. The molecule has 0 spiro atoms. The summed E-state index contributed by atoms with van der Waals surface area (Å²) >= 11 is 0. The molecule has 0 bridgehead atoms. The van der Waals surface area contributed by atoms with E-state index in [-0.39, 0.29) is 0 Å². The molecule has 2 aromatic carbocycles. The molecule has 0 amide bonds. The molecule has 0 aromatic heterocycles. The molecule has 0 aliphatic rings. The van der Waals surface area contributed by atoms with Gasteiger partial charge in [-0.2, -0.15) is 0 Å². The van der Waals surface area contributed by atoms with E-state index in [2.05, 4.69) is 12.1 Å². The van der Waals surface area contributed by atoms with Crippen molar-refractivity contribution in [3.05, 3.63) is 48.5 Å². The minimum absolute atomic E-state index is 0.821. The maximum Gasteiger partial charge on any atom is 0.127 e. The van der Waals surface area contributed by atoms with Gasteiger partial charge in [-0.15, -0.1) is 0 Å². The standard InChI is InChI=1S/C13H14O2Si/c1-14-10-2-4-11(5-3-10)15-12-6-8-13(16)9-7-12/h2-9H,1,16H3. The van der Waals surface area contributed by atoms with Gasteiger partial charge in [-0.3, -0.25) is 0 Å². The maximum atomic E-state index is 5.69. The molecule has 0 atom stereocenters.